The molecule has 0 saturated carbocycles. The first kappa shape index (κ1) is 11.3. The van der Waals surface area contributed by atoms with Gasteiger partial charge < -0.3 is 14.2 Å². The van der Waals surface area contributed by atoms with Gasteiger partial charge in [-0.05, 0) is 12.1 Å². The van der Waals surface area contributed by atoms with Crippen LogP contribution in [0.5, 0.6) is 0 Å². The van der Waals surface area contributed by atoms with Crippen molar-refractivity contribution in [2.75, 3.05) is 24.6 Å². The molecule has 3 rings (SSSR count). The molecule has 6 heteroatoms. The Hall–Kier alpha value is -0.820. The summed E-state index contributed by atoms with van der Waals surface area (Å²) in [5.74, 6) is 0. The summed E-state index contributed by atoms with van der Waals surface area (Å²) in [6, 6.07) is 8.12. The van der Waals surface area contributed by atoms with Gasteiger partial charge in [0.05, 0.1) is 23.4 Å². The second-order valence-corrected chi connectivity index (χ2v) is 5.56. The van der Waals surface area contributed by atoms with Gasteiger partial charge in [0.2, 0.25) is 0 Å². The van der Waals surface area contributed by atoms with E-state index in [1.54, 1.807) is 11.3 Å². The zero-order valence-electron chi connectivity index (χ0n) is 9.07. The maximum Gasteiger partial charge on any atom is 0.186 e. The Bertz CT molecular complexity index is 484. The first-order chi connectivity index (χ1) is 8.36. The summed E-state index contributed by atoms with van der Waals surface area (Å²) in [6.07, 6.45) is 0. The molecule has 1 saturated heterocycles. The van der Waals surface area contributed by atoms with Gasteiger partial charge in [-0.2, -0.15) is 0 Å². The number of hydrogen-bond acceptors (Lipinski definition) is 6. The van der Waals surface area contributed by atoms with Gasteiger partial charge in [0.15, 0.2) is 5.13 Å². The van der Waals surface area contributed by atoms with Crippen molar-refractivity contribution in [1.29, 1.82) is 0 Å². The van der Waals surface area contributed by atoms with Crippen molar-refractivity contribution in [2.45, 2.75) is 5.44 Å². The molecule has 17 heavy (non-hydrogen) atoms. The number of benzene rings is 1. The first-order valence-corrected chi connectivity index (χ1v) is 7.04. The molecule has 2 aromatic rings. The maximum atomic E-state index is 9.04. The molecular weight excluding hydrogens is 256 g/mol. The smallest absolute Gasteiger partial charge is 0.186 e. The molecule has 90 valence electrons. The summed E-state index contributed by atoms with van der Waals surface area (Å²) in [7, 11) is 0. The summed E-state index contributed by atoms with van der Waals surface area (Å²) in [6.45, 7) is 2.14. The van der Waals surface area contributed by atoms with Crippen LogP contribution < -0.4 is 4.90 Å². The van der Waals surface area contributed by atoms with E-state index < -0.39 is 0 Å². The lowest BCUT2D eigenvalue weighted by Crippen LogP contribution is -2.40. The van der Waals surface area contributed by atoms with Crippen LogP contribution in [0.3, 0.4) is 0 Å². The van der Waals surface area contributed by atoms with Crippen LogP contribution >= 0.6 is 23.4 Å². The van der Waals surface area contributed by atoms with Gasteiger partial charge in [-0.15, -0.1) is 0 Å². The maximum absolute atomic E-state index is 9.04. The standard InChI is InChI=1S/C11H12N2O2S2/c14-17-10-7-13(5-6-15-10)11-12-8-3-1-2-4-9(8)16-11/h1-4,10,14H,5-7H2. The fourth-order valence-corrected chi connectivity index (χ4v) is 3.26. The fourth-order valence-electron chi connectivity index (χ4n) is 1.85. The molecule has 0 bridgehead atoms. The number of ether oxygens (including phenoxy) is 1. The molecule has 1 aliphatic heterocycles. The molecule has 1 aliphatic rings. The monoisotopic (exact) mass is 268 g/mol. The Labute approximate surface area is 107 Å². The molecule has 0 radical (unpaired) electrons. The van der Waals surface area contributed by atoms with E-state index in [1.165, 1.54) is 4.70 Å². The van der Waals surface area contributed by atoms with E-state index in [4.69, 9.17) is 9.29 Å². The van der Waals surface area contributed by atoms with Crippen LogP contribution in [-0.4, -0.2) is 34.7 Å². The highest BCUT2D eigenvalue weighted by Crippen LogP contribution is 2.30. The average molecular weight is 268 g/mol. The highest BCUT2D eigenvalue weighted by molar-refractivity contribution is 7.94. The lowest BCUT2D eigenvalue weighted by atomic mass is 10.3. The lowest BCUT2D eigenvalue weighted by Gasteiger charge is -2.30. The van der Waals surface area contributed by atoms with E-state index in [0.717, 1.165) is 29.2 Å². The third-order valence-corrected chi connectivity index (χ3v) is 4.32. The molecule has 1 unspecified atom stereocenters. The number of hydrogen-bond donors (Lipinski definition) is 1. The van der Waals surface area contributed by atoms with Crippen LogP contribution in [0.2, 0.25) is 0 Å². The van der Waals surface area contributed by atoms with Crippen LogP contribution in [0.15, 0.2) is 24.3 Å². The average Bonchev–Trinajstić information content (AvgIpc) is 2.82. The number of thiazole rings is 1. The zero-order chi connectivity index (χ0) is 11.7. The molecule has 1 atom stereocenters. The minimum Gasteiger partial charge on any atom is -0.362 e. The SMILES string of the molecule is OSC1CN(c2nc3ccccc3s2)CCO1. The normalized spacial score (nSPS) is 21.0. The van der Waals surface area contributed by atoms with Crippen LogP contribution in [-0.2, 0) is 4.74 Å². The van der Waals surface area contributed by atoms with Gasteiger partial charge in [-0.1, -0.05) is 23.5 Å². The van der Waals surface area contributed by atoms with Crippen molar-refractivity contribution in [3.05, 3.63) is 24.3 Å². The number of rotatable bonds is 2. The Kier molecular flexibility index (Phi) is 3.19. The predicted molar refractivity (Wildman–Crippen MR) is 71.8 cm³/mol. The summed E-state index contributed by atoms with van der Waals surface area (Å²) in [5, 5.41) is 1.01. The number of fused-ring (bicyclic) bond motifs is 1. The molecular formula is C11H12N2O2S2. The van der Waals surface area contributed by atoms with E-state index in [2.05, 4.69) is 16.0 Å². The second-order valence-electron chi connectivity index (χ2n) is 3.82. The van der Waals surface area contributed by atoms with Gasteiger partial charge in [0, 0.05) is 18.6 Å². The van der Waals surface area contributed by atoms with E-state index in [9.17, 15) is 0 Å². The van der Waals surface area contributed by atoms with Crippen LogP contribution in [0.25, 0.3) is 10.2 Å². The van der Waals surface area contributed by atoms with Crippen molar-refractivity contribution in [3.8, 4) is 0 Å². The molecule has 1 aromatic heterocycles. The Balaban J connectivity index is 1.87. The third-order valence-electron chi connectivity index (χ3n) is 2.71. The number of anilines is 1. The fraction of sp³-hybridized carbons (Fsp3) is 0.364. The minimum atomic E-state index is -0.171. The van der Waals surface area contributed by atoms with Gasteiger partial charge in [0.25, 0.3) is 0 Å². The van der Waals surface area contributed by atoms with Gasteiger partial charge in [-0.3, -0.25) is 0 Å². The summed E-state index contributed by atoms with van der Waals surface area (Å²) in [4.78, 5) is 6.77. The second kappa shape index (κ2) is 4.81. The molecule has 0 amide bonds. The number of morpholine rings is 1. The third kappa shape index (κ3) is 2.26. The van der Waals surface area contributed by atoms with Crippen molar-refractivity contribution >= 4 is 38.7 Å². The van der Waals surface area contributed by atoms with Gasteiger partial charge in [0.1, 0.15) is 5.44 Å². The van der Waals surface area contributed by atoms with Crippen LogP contribution in [0.4, 0.5) is 5.13 Å². The first-order valence-electron chi connectivity index (χ1n) is 5.39. The van der Waals surface area contributed by atoms with E-state index in [1.807, 2.05) is 18.2 Å². The molecule has 1 fully saturated rings. The summed E-state index contributed by atoms with van der Waals surface area (Å²) >= 11 is 2.45. The van der Waals surface area contributed by atoms with Crippen molar-refractivity contribution in [2.24, 2.45) is 0 Å². The number of aromatic nitrogens is 1. The topological polar surface area (TPSA) is 45.6 Å². The quantitative estimate of drug-likeness (QED) is 0.848. The minimum absolute atomic E-state index is 0.171. The Morgan fingerprint density at radius 3 is 3.18 bits per heavy atom. The van der Waals surface area contributed by atoms with Crippen molar-refractivity contribution in [3.63, 3.8) is 0 Å². The van der Waals surface area contributed by atoms with Gasteiger partial charge >= 0.3 is 0 Å². The zero-order valence-corrected chi connectivity index (χ0v) is 10.7. The van der Waals surface area contributed by atoms with E-state index in [0.29, 0.717) is 13.2 Å². The van der Waals surface area contributed by atoms with Crippen LogP contribution in [0, 0.1) is 0 Å². The number of para-hydroxylation sites is 1. The molecule has 1 aromatic carbocycles. The van der Waals surface area contributed by atoms with Crippen molar-refractivity contribution < 1.29 is 9.29 Å². The van der Waals surface area contributed by atoms with Crippen LogP contribution in [0.1, 0.15) is 0 Å². The highest BCUT2D eigenvalue weighted by Gasteiger charge is 2.22. The lowest BCUT2D eigenvalue weighted by molar-refractivity contribution is 0.0950. The largest absolute Gasteiger partial charge is 0.362 e. The summed E-state index contributed by atoms with van der Waals surface area (Å²) < 4.78 is 15.6. The molecule has 2 heterocycles. The number of nitrogens with zero attached hydrogens (tertiary/aromatic N) is 2. The predicted octanol–water partition coefficient (Wildman–Crippen LogP) is 2.67. The highest BCUT2D eigenvalue weighted by atomic mass is 32.2. The van der Waals surface area contributed by atoms with E-state index in [-0.39, 0.29) is 5.44 Å². The van der Waals surface area contributed by atoms with Crippen molar-refractivity contribution in [1.82, 2.24) is 4.98 Å². The molecule has 0 spiro atoms. The van der Waals surface area contributed by atoms with E-state index >= 15 is 0 Å². The van der Waals surface area contributed by atoms with Gasteiger partial charge in [-0.25, -0.2) is 4.98 Å². The Morgan fingerprint density at radius 1 is 1.47 bits per heavy atom. The summed E-state index contributed by atoms with van der Waals surface area (Å²) in [5.41, 5.74) is 0.864. The molecule has 1 N–H and O–H groups in total. The molecule has 4 nitrogen and oxygen atoms in total. The Morgan fingerprint density at radius 2 is 2.35 bits per heavy atom. The molecule has 0 aliphatic carbocycles.